The smallest absolute Gasteiger partial charge is 0.227 e. The van der Waals surface area contributed by atoms with Crippen molar-refractivity contribution in [2.75, 3.05) is 0 Å². The Morgan fingerprint density at radius 2 is 2.18 bits per heavy atom. The van der Waals surface area contributed by atoms with Gasteiger partial charge in [0.25, 0.3) is 0 Å². The normalized spacial score (nSPS) is 10.5. The minimum atomic E-state index is 0.0995. The fourth-order valence-corrected chi connectivity index (χ4v) is 1.61. The minimum Gasteiger partial charge on any atom is -0.339 e. The third-order valence-corrected chi connectivity index (χ3v) is 2.60. The van der Waals surface area contributed by atoms with Crippen molar-refractivity contribution in [1.82, 2.24) is 10.1 Å². The van der Waals surface area contributed by atoms with Crippen molar-refractivity contribution in [3.8, 4) is 11.4 Å². The lowest BCUT2D eigenvalue weighted by molar-refractivity contribution is -0.117. The second-order valence-corrected chi connectivity index (χ2v) is 4.10. The molecule has 0 aliphatic carbocycles. The highest BCUT2D eigenvalue weighted by Gasteiger charge is 2.11. The molecule has 0 saturated heterocycles. The molecule has 0 fully saturated rings. The summed E-state index contributed by atoms with van der Waals surface area (Å²) in [5, 5.41) is 4.42. The summed E-state index contributed by atoms with van der Waals surface area (Å²) in [4.78, 5) is 15.0. The number of carbonyl (C=O) groups excluding carboxylic acids is 1. The monoisotopic (exact) mass is 250 g/mol. The molecule has 4 nitrogen and oxygen atoms in total. The topological polar surface area (TPSA) is 56.0 Å². The van der Waals surface area contributed by atoms with Crippen LogP contribution in [0.25, 0.3) is 11.4 Å². The van der Waals surface area contributed by atoms with Gasteiger partial charge in [0.2, 0.25) is 11.7 Å². The van der Waals surface area contributed by atoms with Gasteiger partial charge in [0, 0.05) is 18.4 Å². The van der Waals surface area contributed by atoms with Gasteiger partial charge in [-0.1, -0.05) is 28.9 Å². The van der Waals surface area contributed by atoms with Crippen LogP contribution in [-0.4, -0.2) is 15.9 Å². The fraction of sp³-hybridized carbons (Fsp3) is 0.250. The zero-order valence-electron chi connectivity index (χ0n) is 9.31. The molecule has 1 heterocycles. The van der Waals surface area contributed by atoms with Crippen LogP contribution in [0.5, 0.6) is 0 Å². The second kappa shape index (κ2) is 5.10. The molecular formula is C12H11ClN2O2. The molecule has 17 heavy (non-hydrogen) atoms. The molecular weight excluding hydrogens is 240 g/mol. The zero-order valence-corrected chi connectivity index (χ0v) is 10.1. The van der Waals surface area contributed by atoms with E-state index in [4.69, 9.17) is 16.1 Å². The van der Waals surface area contributed by atoms with Gasteiger partial charge in [-0.15, -0.1) is 0 Å². The molecule has 0 amide bonds. The van der Waals surface area contributed by atoms with Crippen LogP contribution in [0.3, 0.4) is 0 Å². The van der Waals surface area contributed by atoms with Gasteiger partial charge in [0.1, 0.15) is 5.78 Å². The number of Topliss-reactive ketones (excluding diaryl/α,β-unsaturated/α-hetero) is 1. The Balaban J connectivity index is 2.18. The van der Waals surface area contributed by atoms with E-state index in [1.807, 2.05) is 18.2 Å². The lowest BCUT2D eigenvalue weighted by Gasteiger charge is -1.95. The van der Waals surface area contributed by atoms with Crippen LogP contribution in [0.2, 0.25) is 5.02 Å². The fourth-order valence-electron chi connectivity index (χ4n) is 1.39. The second-order valence-electron chi connectivity index (χ2n) is 3.69. The number of aryl methyl sites for hydroxylation is 1. The number of ketones is 1. The third kappa shape index (κ3) is 2.91. The predicted octanol–water partition coefficient (Wildman–Crippen LogP) is 2.91. The van der Waals surface area contributed by atoms with Gasteiger partial charge in [0.15, 0.2) is 0 Å². The summed E-state index contributed by atoms with van der Waals surface area (Å²) in [5.41, 5.74) is 0.729. The van der Waals surface area contributed by atoms with Crippen molar-refractivity contribution in [3.05, 3.63) is 35.2 Å². The molecule has 0 radical (unpaired) electrons. The first kappa shape index (κ1) is 11.8. The molecule has 0 atom stereocenters. The summed E-state index contributed by atoms with van der Waals surface area (Å²) in [7, 11) is 0. The van der Waals surface area contributed by atoms with E-state index in [0.717, 1.165) is 5.56 Å². The molecule has 88 valence electrons. The van der Waals surface area contributed by atoms with Crippen LogP contribution in [0.4, 0.5) is 0 Å². The van der Waals surface area contributed by atoms with E-state index in [0.29, 0.717) is 29.6 Å². The Morgan fingerprint density at radius 1 is 1.41 bits per heavy atom. The lowest BCUT2D eigenvalue weighted by atomic mass is 10.2. The van der Waals surface area contributed by atoms with Crippen molar-refractivity contribution in [2.24, 2.45) is 0 Å². The number of nitrogens with zero attached hydrogens (tertiary/aromatic N) is 2. The Kier molecular flexibility index (Phi) is 3.54. The van der Waals surface area contributed by atoms with Crippen molar-refractivity contribution < 1.29 is 9.32 Å². The number of aromatic nitrogens is 2. The van der Waals surface area contributed by atoms with Gasteiger partial charge in [-0.05, 0) is 19.1 Å². The van der Waals surface area contributed by atoms with E-state index in [9.17, 15) is 4.79 Å². The van der Waals surface area contributed by atoms with E-state index in [2.05, 4.69) is 10.1 Å². The molecule has 0 aliphatic rings. The van der Waals surface area contributed by atoms with Crippen LogP contribution in [0.1, 0.15) is 19.2 Å². The van der Waals surface area contributed by atoms with Gasteiger partial charge in [0.05, 0.1) is 5.02 Å². The standard InChI is InChI=1S/C12H11ClN2O2/c1-8(16)6-7-11-14-12(15-17-11)9-4-2-3-5-10(9)13/h2-5H,6-7H2,1H3. The van der Waals surface area contributed by atoms with Gasteiger partial charge < -0.3 is 9.32 Å². The average molecular weight is 251 g/mol. The number of hydrogen-bond donors (Lipinski definition) is 0. The van der Waals surface area contributed by atoms with Crippen molar-refractivity contribution in [3.63, 3.8) is 0 Å². The molecule has 0 N–H and O–H groups in total. The number of hydrogen-bond acceptors (Lipinski definition) is 4. The van der Waals surface area contributed by atoms with Gasteiger partial charge >= 0.3 is 0 Å². The first-order valence-electron chi connectivity index (χ1n) is 5.24. The summed E-state index contributed by atoms with van der Waals surface area (Å²) in [6, 6.07) is 7.28. The maximum absolute atomic E-state index is 10.8. The van der Waals surface area contributed by atoms with Crippen molar-refractivity contribution in [2.45, 2.75) is 19.8 Å². The summed E-state index contributed by atoms with van der Waals surface area (Å²) in [6.45, 7) is 1.53. The summed E-state index contributed by atoms with van der Waals surface area (Å²) < 4.78 is 5.05. The lowest BCUT2D eigenvalue weighted by Crippen LogP contribution is -1.94. The quantitative estimate of drug-likeness (QED) is 0.837. The molecule has 2 rings (SSSR count). The molecule has 0 spiro atoms. The number of halogens is 1. The molecule has 2 aromatic rings. The SMILES string of the molecule is CC(=O)CCc1nc(-c2ccccc2Cl)no1. The molecule has 0 unspecified atom stereocenters. The Bertz CT molecular complexity index is 537. The van der Waals surface area contributed by atoms with Crippen LogP contribution in [0.15, 0.2) is 28.8 Å². The zero-order chi connectivity index (χ0) is 12.3. The van der Waals surface area contributed by atoms with Gasteiger partial charge in [-0.25, -0.2) is 0 Å². The maximum Gasteiger partial charge on any atom is 0.227 e. The van der Waals surface area contributed by atoms with E-state index in [-0.39, 0.29) is 5.78 Å². The first-order chi connectivity index (χ1) is 8.16. The van der Waals surface area contributed by atoms with Crippen LogP contribution in [-0.2, 0) is 11.2 Å². The maximum atomic E-state index is 10.8. The number of carbonyl (C=O) groups is 1. The molecule has 0 bridgehead atoms. The van der Waals surface area contributed by atoms with Gasteiger partial charge in [-0.3, -0.25) is 0 Å². The van der Waals surface area contributed by atoms with E-state index >= 15 is 0 Å². The van der Waals surface area contributed by atoms with Gasteiger partial charge in [-0.2, -0.15) is 4.98 Å². The highest BCUT2D eigenvalue weighted by atomic mass is 35.5. The van der Waals surface area contributed by atoms with Crippen molar-refractivity contribution in [1.29, 1.82) is 0 Å². The minimum absolute atomic E-state index is 0.0995. The van der Waals surface area contributed by atoms with E-state index in [1.54, 1.807) is 6.07 Å². The molecule has 1 aromatic carbocycles. The largest absolute Gasteiger partial charge is 0.339 e. The van der Waals surface area contributed by atoms with Crippen LogP contribution < -0.4 is 0 Å². The summed E-state index contributed by atoms with van der Waals surface area (Å²) in [5.74, 6) is 1.01. The van der Waals surface area contributed by atoms with E-state index in [1.165, 1.54) is 6.92 Å². The van der Waals surface area contributed by atoms with Crippen LogP contribution >= 0.6 is 11.6 Å². The summed E-state index contributed by atoms with van der Waals surface area (Å²) >= 11 is 6.02. The highest BCUT2D eigenvalue weighted by Crippen LogP contribution is 2.24. The highest BCUT2D eigenvalue weighted by molar-refractivity contribution is 6.33. The molecule has 0 aliphatic heterocycles. The summed E-state index contributed by atoms with van der Waals surface area (Å²) in [6.07, 6.45) is 0.872. The Morgan fingerprint density at radius 3 is 2.88 bits per heavy atom. The Hall–Kier alpha value is -1.68. The van der Waals surface area contributed by atoms with E-state index < -0.39 is 0 Å². The molecule has 1 aromatic heterocycles. The van der Waals surface area contributed by atoms with Crippen molar-refractivity contribution >= 4 is 17.4 Å². The van der Waals surface area contributed by atoms with Crippen LogP contribution in [0, 0.1) is 0 Å². The third-order valence-electron chi connectivity index (χ3n) is 2.27. The average Bonchev–Trinajstić information content (AvgIpc) is 2.75. The predicted molar refractivity (Wildman–Crippen MR) is 63.7 cm³/mol. The number of benzene rings is 1. The Labute approximate surface area is 104 Å². The molecule has 0 saturated carbocycles. The number of rotatable bonds is 4. The molecule has 5 heteroatoms. The first-order valence-corrected chi connectivity index (χ1v) is 5.61.